The summed E-state index contributed by atoms with van der Waals surface area (Å²) in [6.45, 7) is 7.42. The smallest absolute Gasteiger partial charge is 0.226 e. The molecule has 1 atom stereocenters. The van der Waals surface area contributed by atoms with Crippen LogP contribution in [0.5, 0.6) is 0 Å². The van der Waals surface area contributed by atoms with E-state index in [4.69, 9.17) is 15.0 Å². The zero-order chi connectivity index (χ0) is 12.0. The standard InChI is InChI=1S/C11H21N3O2/c1-4-5-15-7-9(12)11-13-10(16-14-11)6-8(2)3/h8-9H,4-7,12H2,1-3H3. The minimum Gasteiger partial charge on any atom is -0.379 e. The second kappa shape index (κ2) is 6.60. The normalized spacial score (nSPS) is 13.3. The predicted octanol–water partition coefficient (Wildman–Crippen LogP) is 1.69. The highest BCUT2D eigenvalue weighted by Gasteiger charge is 2.14. The van der Waals surface area contributed by atoms with E-state index >= 15 is 0 Å². The quantitative estimate of drug-likeness (QED) is 0.717. The fourth-order valence-electron chi connectivity index (χ4n) is 1.28. The van der Waals surface area contributed by atoms with Gasteiger partial charge < -0.3 is 15.0 Å². The second-order valence-electron chi connectivity index (χ2n) is 4.33. The number of rotatable bonds is 7. The van der Waals surface area contributed by atoms with Crippen molar-refractivity contribution in [1.29, 1.82) is 0 Å². The van der Waals surface area contributed by atoms with Gasteiger partial charge in [0.1, 0.15) is 0 Å². The summed E-state index contributed by atoms with van der Waals surface area (Å²) in [4.78, 5) is 4.25. The van der Waals surface area contributed by atoms with Crippen molar-refractivity contribution >= 4 is 0 Å². The van der Waals surface area contributed by atoms with Crippen molar-refractivity contribution < 1.29 is 9.26 Å². The maximum atomic E-state index is 5.87. The number of aromatic nitrogens is 2. The second-order valence-corrected chi connectivity index (χ2v) is 4.33. The Morgan fingerprint density at radius 1 is 1.44 bits per heavy atom. The first-order chi connectivity index (χ1) is 7.63. The summed E-state index contributed by atoms with van der Waals surface area (Å²) >= 11 is 0. The highest BCUT2D eigenvalue weighted by molar-refractivity contribution is 4.93. The van der Waals surface area contributed by atoms with Gasteiger partial charge in [-0.3, -0.25) is 0 Å². The van der Waals surface area contributed by atoms with Crippen molar-refractivity contribution in [3.8, 4) is 0 Å². The largest absolute Gasteiger partial charge is 0.379 e. The molecule has 0 saturated carbocycles. The van der Waals surface area contributed by atoms with E-state index in [0.29, 0.717) is 30.8 Å². The minimum atomic E-state index is -0.295. The Morgan fingerprint density at radius 2 is 2.19 bits per heavy atom. The Morgan fingerprint density at radius 3 is 2.81 bits per heavy atom. The van der Waals surface area contributed by atoms with E-state index in [1.165, 1.54) is 0 Å². The molecule has 1 heterocycles. The summed E-state index contributed by atoms with van der Waals surface area (Å²) in [5.41, 5.74) is 5.87. The Hall–Kier alpha value is -0.940. The van der Waals surface area contributed by atoms with Gasteiger partial charge in [0.2, 0.25) is 5.89 Å². The van der Waals surface area contributed by atoms with Gasteiger partial charge in [0.05, 0.1) is 12.6 Å². The van der Waals surface area contributed by atoms with Crippen LogP contribution in [0.25, 0.3) is 0 Å². The molecule has 1 unspecified atom stereocenters. The molecule has 0 radical (unpaired) electrons. The lowest BCUT2D eigenvalue weighted by molar-refractivity contribution is 0.119. The van der Waals surface area contributed by atoms with Gasteiger partial charge in [0.15, 0.2) is 5.82 Å². The van der Waals surface area contributed by atoms with E-state index in [-0.39, 0.29) is 6.04 Å². The summed E-state index contributed by atoms with van der Waals surface area (Å²) in [6.07, 6.45) is 1.77. The van der Waals surface area contributed by atoms with Gasteiger partial charge in [-0.1, -0.05) is 25.9 Å². The molecule has 1 aromatic heterocycles. The molecule has 0 saturated heterocycles. The van der Waals surface area contributed by atoms with E-state index in [9.17, 15) is 0 Å². The summed E-state index contributed by atoms with van der Waals surface area (Å²) in [5.74, 6) is 1.68. The third-order valence-corrected chi connectivity index (χ3v) is 2.04. The summed E-state index contributed by atoms with van der Waals surface area (Å²) in [6, 6.07) is -0.295. The van der Waals surface area contributed by atoms with Crippen LogP contribution in [0.4, 0.5) is 0 Å². The van der Waals surface area contributed by atoms with E-state index in [1.807, 2.05) is 0 Å². The topological polar surface area (TPSA) is 74.2 Å². The van der Waals surface area contributed by atoms with Gasteiger partial charge >= 0.3 is 0 Å². The molecular formula is C11H21N3O2. The monoisotopic (exact) mass is 227 g/mol. The molecule has 5 heteroatoms. The number of nitrogens with two attached hydrogens (primary N) is 1. The molecule has 0 aliphatic carbocycles. The molecule has 0 spiro atoms. The highest BCUT2D eigenvalue weighted by atomic mass is 16.5. The summed E-state index contributed by atoms with van der Waals surface area (Å²) in [7, 11) is 0. The Bertz CT molecular complexity index is 299. The van der Waals surface area contributed by atoms with E-state index in [2.05, 4.69) is 30.9 Å². The number of hydrogen-bond acceptors (Lipinski definition) is 5. The molecule has 0 bridgehead atoms. The maximum Gasteiger partial charge on any atom is 0.226 e. The molecule has 2 N–H and O–H groups in total. The maximum absolute atomic E-state index is 5.87. The first kappa shape index (κ1) is 13.1. The molecule has 16 heavy (non-hydrogen) atoms. The number of ether oxygens (including phenoxy) is 1. The molecule has 0 amide bonds. The van der Waals surface area contributed by atoms with E-state index in [1.54, 1.807) is 0 Å². The van der Waals surface area contributed by atoms with Crippen molar-refractivity contribution in [3.63, 3.8) is 0 Å². The lowest BCUT2D eigenvalue weighted by Gasteiger charge is -2.06. The van der Waals surface area contributed by atoms with Crippen LogP contribution in [-0.4, -0.2) is 23.4 Å². The van der Waals surface area contributed by atoms with Gasteiger partial charge in [-0.25, -0.2) is 0 Å². The molecule has 0 aromatic carbocycles. The van der Waals surface area contributed by atoms with Crippen LogP contribution in [0.1, 0.15) is 44.9 Å². The van der Waals surface area contributed by atoms with Crippen LogP contribution in [0, 0.1) is 5.92 Å². The summed E-state index contributed by atoms with van der Waals surface area (Å²) < 4.78 is 10.4. The first-order valence-corrected chi connectivity index (χ1v) is 5.79. The third kappa shape index (κ3) is 4.28. The lowest BCUT2D eigenvalue weighted by atomic mass is 10.1. The molecule has 0 fully saturated rings. The molecular weight excluding hydrogens is 206 g/mol. The predicted molar refractivity (Wildman–Crippen MR) is 60.9 cm³/mol. The fraction of sp³-hybridized carbons (Fsp3) is 0.818. The summed E-state index contributed by atoms with van der Waals surface area (Å²) in [5, 5.41) is 3.86. The molecule has 92 valence electrons. The number of hydrogen-bond donors (Lipinski definition) is 1. The average Bonchev–Trinajstić information content (AvgIpc) is 2.65. The van der Waals surface area contributed by atoms with Crippen molar-refractivity contribution in [2.24, 2.45) is 11.7 Å². The van der Waals surface area contributed by atoms with Gasteiger partial charge in [-0.05, 0) is 12.3 Å². The lowest BCUT2D eigenvalue weighted by Crippen LogP contribution is -2.19. The third-order valence-electron chi connectivity index (χ3n) is 2.04. The molecule has 1 aromatic rings. The molecule has 1 rings (SSSR count). The average molecular weight is 227 g/mol. The fourth-order valence-corrected chi connectivity index (χ4v) is 1.28. The Labute approximate surface area is 96.4 Å². The van der Waals surface area contributed by atoms with Crippen molar-refractivity contribution in [2.45, 2.75) is 39.7 Å². The van der Waals surface area contributed by atoms with Gasteiger partial charge in [-0.15, -0.1) is 0 Å². The molecule has 0 aliphatic heterocycles. The van der Waals surface area contributed by atoms with Crippen LogP contribution < -0.4 is 5.73 Å². The molecule has 5 nitrogen and oxygen atoms in total. The zero-order valence-electron chi connectivity index (χ0n) is 10.3. The van der Waals surface area contributed by atoms with E-state index < -0.39 is 0 Å². The van der Waals surface area contributed by atoms with Crippen LogP contribution in [-0.2, 0) is 11.2 Å². The van der Waals surface area contributed by atoms with Crippen molar-refractivity contribution in [3.05, 3.63) is 11.7 Å². The van der Waals surface area contributed by atoms with Gasteiger partial charge in [0.25, 0.3) is 0 Å². The van der Waals surface area contributed by atoms with Gasteiger partial charge in [-0.2, -0.15) is 4.98 Å². The van der Waals surface area contributed by atoms with Crippen molar-refractivity contribution in [2.75, 3.05) is 13.2 Å². The zero-order valence-corrected chi connectivity index (χ0v) is 10.3. The van der Waals surface area contributed by atoms with E-state index in [0.717, 1.165) is 12.8 Å². The first-order valence-electron chi connectivity index (χ1n) is 5.79. The van der Waals surface area contributed by atoms with Gasteiger partial charge in [0, 0.05) is 13.0 Å². The Balaban J connectivity index is 2.43. The van der Waals surface area contributed by atoms with Crippen LogP contribution >= 0.6 is 0 Å². The molecule has 0 aliphatic rings. The number of nitrogens with zero attached hydrogens (tertiary/aromatic N) is 2. The highest BCUT2D eigenvalue weighted by Crippen LogP contribution is 2.10. The van der Waals surface area contributed by atoms with Crippen molar-refractivity contribution in [1.82, 2.24) is 10.1 Å². The SMILES string of the molecule is CCCOCC(N)c1noc(CC(C)C)n1. The van der Waals surface area contributed by atoms with Crippen LogP contribution in [0.2, 0.25) is 0 Å². The van der Waals surface area contributed by atoms with Crippen LogP contribution in [0.15, 0.2) is 4.52 Å². The Kier molecular flexibility index (Phi) is 5.42. The van der Waals surface area contributed by atoms with Crippen LogP contribution in [0.3, 0.4) is 0 Å². The minimum absolute atomic E-state index is 0.295.